The van der Waals surface area contributed by atoms with Crippen LogP contribution in [0.1, 0.15) is 27.4 Å². The molecule has 4 heteroatoms. The van der Waals surface area contributed by atoms with Crippen LogP contribution in [0.5, 0.6) is 0 Å². The first-order chi connectivity index (χ1) is 9.65. The molecule has 0 amide bonds. The van der Waals surface area contributed by atoms with Crippen molar-refractivity contribution in [2.24, 2.45) is 0 Å². The molecule has 0 radical (unpaired) electrons. The standard InChI is InChI=1S/C16H14ClNO2/c17-12-5-6-15(18)14(8-12)16(19)20-9-11-7-10-3-1-2-4-13(10)11/h1-6,8,11H,7,9,18H2. The number of hydrogen-bond donors (Lipinski definition) is 1. The highest BCUT2D eigenvalue weighted by molar-refractivity contribution is 6.31. The predicted octanol–water partition coefficient (Wildman–Crippen LogP) is 3.42. The van der Waals surface area contributed by atoms with E-state index in [-0.39, 0.29) is 5.92 Å². The smallest absolute Gasteiger partial charge is 0.340 e. The molecule has 102 valence electrons. The number of esters is 1. The van der Waals surface area contributed by atoms with E-state index < -0.39 is 5.97 Å². The van der Waals surface area contributed by atoms with Crippen molar-refractivity contribution in [1.29, 1.82) is 0 Å². The zero-order valence-corrected chi connectivity index (χ0v) is 11.6. The number of nitrogen functional groups attached to an aromatic ring is 1. The van der Waals surface area contributed by atoms with Gasteiger partial charge >= 0.3 is 5.97 Å². The molecule has 3 rings (SSSR count). The summed E-state index contributed by atoms with van der Waals surface area (Å²) in [6.07, 6.45) is 0.953. The molecular weight excluding hydrogens is 274 g/mol. The van der Waals surface area contributed by atoms with Gasteiger partial charge in [0.2, 0.25) is 0 Å². The topological polar surface area (TPSA) is 52.3 Å². The molecular formula is C16H14ClNO2. The largest absolute Gasteiger partial charge is 0.461 e. The van der Waals surface area contributed by atoms with Gasteiger partial charge in [-0.3, -0.25) is 0 Å². The van der Waals surface area contributed by atoms with E-state index in [0.717, 1.165) is 6.42 Å². The minimum atomic E-state index is -0.422. The Morgan fingerprint density at radius 1 is 1.30 bits per heavy atom. The summed E-state index contributed by atoms with van der Waals surface area (Å²) in [5.41, 5.74) is 9.06. The lowest BCUT2D eigenvalue weighted by Gasteiger charge is -2.29. The Kier molecular flexibility index (Phi) is 3.36. The summed E-state index contributed by atoms with van der Waals surface area (Å²) in [5.74, 6) is -0.134. The number of anilines is 1. The minimum Gasteiger partial charge on any atom is -0.461 e. The SMILES string of the molecule is Nc1ccc(Cl)cc1C(=O)OCC1Cc2ccccc21. The van der Waals surface area contributed by atoms with Crippen LogP contribution >= 0.6 is 11.6 Å². The van der Waals surface area contributed by atoms with Crippen LogP contribution in [0.2, 0.25) is 5.02 Å². The van der Waals surface area contributed by atoms with Gasteiger partial charge in [-0.1, -0.05) is 35.9 Å². The molecule has 0 fully saturated rings. The average molecular weight is 288 g/mol. The number of carbonyl (C=O) groups excluding carboxylic acids is 1. The number of nitrogens with two attached hydrogens (primary N) is 1. The maximum atomic E-state index is 12.0. The van der Waals surface area contributed by atoms with Crippen LogP contribution in [0, 0.1) is 0 Å². The molecule has 0 bridgehead atoms. The number of benzene rings is 2. The lowest BCUT2D eigenvalue weighted by molar-refractivity contribution is 0.0471. The predicted molar refractivity (Wildman–Crippen MR) is 79.0 cm³/mol. The highest BCUT2D eigenvalue weighted by Crippen LogP contribution is 2.35. The summed E-state index contributed by atoms with van der Waals surface area (Å²) in [7, 11) is 0. The van der Waals surface area contributed by atoms with Crippen LogP contribution in [-0.4, -0.2) is 12.6 Å². The van der Waals surface area contributed by atoms with E-state index in [1.807, 2.05) is 12.1 Å². The van der Waals surface area contributed by atoms with E-state index in [2.05, 4.69) is 12.1 Å². The Morgan fingerprint density at radius 2 is 2.10 bits per heavy atom. The van der Waals surface area contributed by atoms with E-state index in [9.17, 15) is 4.79 Å². The van der Waals surface area contributed by atoms with Crippen LogP contribution in [-0.2, 0) is 11.2 Å². The lowest BCUT2D eigenvalue weighted by atomic mass is 9.78. The number of carbonyl (C=O) groups is 1. The second-order valence-electron chi connectivity index (χ2n) is 4.93. The third-order valence-corrected chi connectivity index (χ3v) is 3.85. The van der Waals surface area contributed by atoms with E-state index in [4.69, 9.17) is 22.1 Å². The van der Waals surface area contributed by atoms with Gasteiger partial charge in [0.1, 0.15) is 0 Å². The molecule has 0 heterocycles. The maximum Gasteiger partial charge on any atom is 0.340 e. The molecule has 0 saturated heterocycles. The van der Waals surface area contributed by atoms with Gasteiger partial charge in [0, 0.05) is 16.6 Å². The molecule has 3 nitrogen and oxygen atoms in total. The van der Waals surface area contributed by atoms with Gasteiger partial charge in [0.05, 0.1) is 12.2 Å². The molecule has 2 aromatic carbocycles. The Hall–Kier alpha value is -2.00. The maximum absolute atomic E-state index is 12.0. The van der Waals surface area contributed by atoms with E-state index in [1.54, 1.807) is 12.1 Å². The van der Waals surface area contributed by atoms with Crippen LogP contribution in [0.4, 0.5) is 5.69 Å². The van der Waals surface area contributed by atoms with Gasteiger partial charge in [-0.15, -0.1) is 0 Å². The van der Waals surface area contributed by atoms with Crippen molar-refractivity contribution in [1.82, 2.24) is 0 Å². The summed E-state index contributed by atoms with van der Waals surface area (Å²) < 4.78 is 5.35. The minimum absolute atomic E-state index is 0.288. The quantitative estimate of drug-likeness (QED) is 0.695. The Labute approximate surface area is 122 Å². The zero-order valence-electron chi connectivity index (χ0n) is 10.8. The van der Waals surface area contributed by atoms with E-state index >= 15 is 0 Å². The number of ether oxygens (including phenoxy) is 1. The first kappa shape index (κ1) is 13.0. The van der Waals surface area contributed by atoms with Crippen molar-refractivity contribution in [2.75, 3.05) is 12.3 Å². The zero-order chi connectivity index (χ0) is 14.1. The summed E-state index contributed by atoms with van der Waals surface area (Å²) in [4.78, 5) is 12.0. The van der Waals surface area contributed by atoms with Crippen molar-refractivity contribution in [3.8, 4) is 0 Å². The molecule has 0 aliphatic heterocycles. The molecule has 1 atom stereocenters. The molecule has 1 unspecified atom stereocenters. The van der Waals surface area contributed by atoms with E-state index in [1.165, 1.54) is 17.2 Å². The number of hydrogen-bond acceptors (Lipinski definition) is 3. The summed E-state index contributed by atoms with van der Waals surface area (Å²) in [6, 6.07) is 13.0. The fourth-order valence-corrected chi connectivity index (χ4v) is 2.64. The molecule has 2 aromatic rings. The summed E-state index contributed by atoms with van der Waals surface area (Å²) >= 11 is 5.87. The van der Waals surface area contributed by atoms with Crippen molar-refractivity contribution in [3.63, 3.8) is 0 Å². The fraction of sp³-hybridized carbons (Fsp3) is 0.188. The fourth-order valence-electron chi connectivity index (χ4n) is 2.47. The first-order valence-corrected chi connectivity index (χ1v) is 6.83. The van der Waals surface area contributed by atoms with Gasteiger partial charge in [-0.25, -0.2) is 4.79 Å². The second kappa shape index (κ2) is 5.17. The molecule has 0 aromatic heterocycles. The van der Waals surface area contributed by atoms with Crippen LogP contribution in [0.3, 0.4) is 0 Å². The molecule has 0 saturated carbocycles. The normalized spacial score (nSPS) is 16.1. The molecule has 1 aliphatic rings. The second-order valence-corrected chi connectivity index (χ2v) is 5.37. The van der Waals surface area contributed by atoms with Crippen LogP contribution in [0.15, 0.2) is 42.5 Å². The van der Waals surface area contributed by atoms with Gasteiger partial charge in [-0.2, -0.15) is 0 Å². The van der Waals surface area contributed by atoms with Gasteiger partial charge < -0.3 is 10.5 Å². The highest BCUT2D eigenvalue weighted by atomic mass is 35.5. The van der Waals surface area contributed by atoms with E-state index in [0.29, 0.717) is 22.9 Å². The van der Waals surface area contributed by atoms with Crippen molar-refractivity contribution in [3.05, 3.63) is 64.2 Å². The van der Waals surface area contributed by atoms with Crippen molar-refractivity contribution in [2.45, 2.75) is 12.3 Å². The van der Waals surface area contributed by atoms with Gasteiger partial charge in [0.15, 0.2) is 0 Å². The third kappa shape index (κ3) is 2.37. The molecule has 0 spiro atoms. The lowest BCUT2D eigenvalue weighted by Crippen LogP contribution is -2.23. The summed E-state index contributed by atoms with van der Waals surface area (Å²) in [5, 5.41) is 0.472. The molecule has 2 N–H and O–H groups in total. The van der Waals surface area contributed by atoms with Gasteiger partial charge in [0.25, 0.3) is 0 Å². The Morgan fingerprint density at radius 3 is 2.90 bits per heavy atom. The average Bonchev–Trinajstić information content (AvgIpc) is 2.42. The number of halogens is 1. The molecule has 20 heavy (non-hydrogen) atoms. The van der Waals surface area contributed by atoms with Crippen LogP contribution in [0.25, 0.3) is 0 Å². The Bertz CT molecular complexity index is 669. The number of rotatable bonds is 3. The Balaban J connectivity index is 1.65. The van der Waals surface area contributed by atoms with Crippen LogP contribution < -0.4 is 5.73 Å². The first-order valence-electron chi connectivity index (χ1n) is 6.45. The number of fused-ring (bicyclic) bond motifs is 1. The van der Waals surface area contributed by atoms with Crippen molar-refractivity contribution < 1.29 is 9.53 Å². The molecule has 1 aliphatic carbocycles. The summed E-state index contributed by atoms with van der Waals surface area (Å²) in [6.45, 7) is 0.377. The third-order valence-electron chi connectivity index (χ3n) is 3.61. The van der Waals surface area contributed by atoms with Gasteiger partial charge in [-0.05, 0) is 35.7 Å². The highest BCUT2D eigenvalue weighted by Gasteiger charge is 2.27. The van der Waals surface area contributed by atoms with Crippen molar-refractivity contribution >= 4 is 23.3 Å². The monoisotopic (exact) mass is 287 g/mol.